The molecule has 2 aliphatic heterocycles. The number of rotatable bonds is 4. The zero-order valence-electron chi connectivity index (χ0n) is 14.3. The first-order chi connectivity index (χ1) is 11.7. The normalized spacial score (nSPS) is 19.6. The Labute approximate surface area is 141 Å². The van der Waals surface area contributed by atoms with Crippen LogP contribution in [0.2, 0.25) is 0 Å². The average Bonchev–Trinajstić information content (AvgIpc) is 3.08. The SMILES string of the molecule is COc1cc(/C=C/C(=O)N2CCCCC2C)c(OC)c2c1OCO2. The lowest BCUT2D eigenvalue weighted by atomic mass is 10.0. The molecule has 1 aromatic rings. The fourth-order valence-corrected chi connectivity index (χ4v) is 3.20. The number of methoxy groups -OCH3 is 2. The van der Waals surface area contributed by atoms with Crippen LogP contribution < -0.4 is 18.9 Å². The number of carbonyl (C=O) groups excluding carboxylic acids is 1. The van der Waals surface area contributed by atoms with Crippen LogP contribution in [0.3, 0.4) is 0 Å². The smallest absolute Gasteiger partial charge is 0.246 e. The van der Waals surface area contributed by atoms with Crippen molar-refractivity contribution < 1.29 is 23.7 Å². The molecule has 3 rings (SSSR count). The zero-order chi connectivity index (χ0) is 17.1. The highest BCUT2D eigenvalue weighted by Gasteiger charge is 2.27. The van der Waals surface area contributed by atoms with Crippen LogP contribution in [0.25, 0.3) is 6.08 Å². The van der Waals surface area contributed by atoms with Gasteiger partial charge >= 0.3 is 0 Å². The Morgan fingerprint density at radius 3 is 2.75 bits per heavy atom. The number of piperidine rings is 1. The number of nitrogens with zero attached hydrogens (tertiary/aromatic N) is 1. The molecule has 0 bridgehead atoms. The highest BCUT2D eigenvalue weighted by atomic mass is 16.7. The second-order valence-electron chi connectivity index (χ2n) is 5.98. The van der Waals surface area contributed by atoms with Crippen LogP contribution in [0.1, 0.15) is 31.7 Å². The summed E-state index contributed by atoms with van der Waals surface area (Å²) in [5, 5.41) is 0. The van der Waals surface area contributed by atoms with Crippen LogP contribution in [-0.4, -0.2) is 44.4 Å². The molecule has 0 radical (unpaired) electrons. The van der Waals surface area contributed by atoms with E-state index in [0.29, 0.717) is 23.0 Å². The second kappa shape index (κ2) is 7.03. The molecule has 1 unspecified atom stereocenters. The first-order valence-corrected chi connectivity index (χ1v) is 8.19. The summed E-state index contributed by atoms with van der Waals surface area (Å²) in [5.41, 5.74) is 0.719. The third kappa shape index (κ3) is 3.00. The van der Waals surface area contributed by atoms with E-state index in [2.05, 4.69) is 6.92 Å². The van der Waals surface area contributed by atoms with Gasteiger partial charge in [0.15, 0.2) is 11.5 Å². The van der Waals surface area contributed by atoms with Gasteiger partial charge in [-0.3, -0.25) is 4.79 Å². The van der Waals surface area contributed by atoms with E-state index in [0.717, 1.165) is 24.9 Å². The quantitative estimate of drug-likeness (QED) is 0.793. The molecule has 1 saturated heterocycles. The first-order valence-electron chi connectivity index (χ1n) is 8.19. The number of ether oxygens (including phenoxy) is 4. The van der Waals surface area contributed by atoms with Crippen molar-refractivity contribution in [3.05, 3.63) is 17.7 Å². The molecule has 1 amide bonds. The van der Waals surface area contributed by atoms with Crippen LogP contribution in [0.15, 0.2) is 12.1 Å². The van der Waals surface area contributed by atoms with E-state index in [1.54, 1.807) is 32.4 Å². The van der Waals surface area contributed by atoms with Gasteiger partial charge in [-0.15, -0.1) is 0 Å². The van der Waals surface area contributed by atoms with Gasteiger partial charge in [-0.05, 0) is 38.3 Å². The van der Waals surface area contributed by atoms with Crippen molar-refractivity contribution in [2.75, 3.05) is 27.6 Å². The van der Waals surface area contributed by atoms with Gasteiger partial charge in [-0.1, -0.05) is 0 Å². The molecule has 2 aliphatic rings. The third-order valence-corrected chi connectivity index (χ3v) is 4.51. The van der Waals surface area contributed by atoms with Crippen molar-refractivity contribution in [1.29, 1.82) is 0 Å². The summed E-state index contributed by atoms with van der Waals surface area (Å²) in [4.78, 5) is 14.4. The average molecular weight is 333 g/mol. The molecule has 0 spiro atoms. The molecular formula is C18H23NO5. The summed E-state index contributed by atoms with van der Waals surface area (Å²) in [5.74, 6) is 2.15. The van der Waals surface area contributed by atoms with Gasteiger partial charge < -0.3 is 23.8 Å². The molecule has 0 N–H and O–H groups in total. The van der Waals surface area contributed by atoms with E-state index in [-0.39, 0.29) is 18.7 Å². The Kier molecular flexibility index (Phi) is 4.83. The number of hydrogen-bond acceptors (Lipinski definition) is 5. The van der Waals surface area contributed by atoms with E-state index in [4.69, 9.17) is 18.9 Å². The number of fused-ring (bicyclic) bond motifs is 1. The topological polar surface area (TPSA) is 57.2 Å². The van der Waals surface area contributed by atoms with Gasteiger partial charge in [0.05, 0.1) is 14.2 Å². The second-order valence-corrected chi connectivity index (χ2v) is 5.98. The lowest BCUT2D eigenvalue weighted by molar-refractivity contribution is -0.129. The standard InChI is InChI=1S/C18H23NO5/c1-12-6-4-5-9-19(12)15(20)8-7-13-10-14(21-2)17-18(16(13)22-3)24-11-23-17/h7-8,10,12H,4-6,9,11H2,1-3H3/b8-7+. The largest absolute Gasteiger partial charge is 0.493 e. The van der Waals surface area contributed by atoms with Crippen molar-refractivity contribution in [2.24, 2.45) is 0 Å². The summed E-state index contributed by atoms with van der Waals surface area (Å²) < 4.78 is 21.7. The van der Waals surface area contributed by atoms with Crippen LogP contribution in [-0.2, 0) is 4.79 Å². The summed E-state index contributed by atoms with van der Waals surface area (Å²) in [6, 6.07) is 2.07. The van der Waals surface area contributed by atoms with Gasteiger partial charge in [0, 0.05) is 24.2 Å². The van der Waals surface area contributed by atoms with Crippen LogP contribution in [0.5, 0.6) is 23.0 Å². The minimum Gasteiger partial charge on any atom is -0.493 e. The van der Waals surface area contributed by atoms with Crippen LogP contribution >= 0.6 is 0 Å². The fourth-order valence-electron chi connectivity index (χ4n) is 3.20. The van der Waals surface area contributed by atoms with E-state index in [9.17, 15) is 4.79 Å². The van der Waals surface area contributed by atoms with Gasteiger partial charge in [-0.25, -0.2) is 0 Å². The minimum absolute atomic E-state index is 0.0147. The number of amides is 1. The molecule has 1 aromatic carbocycles. The van der Waals surface area contributed by atoms with Crippen molar-refractivity contribution in [3.63, 3.8) is 0 Å². The summed E-state index contributed by atoms with van der Waals surface area (Å²) in [7, 11) is 3.13. The minimum atomic E-state index is 0.0147. The van der Waals surface area contributed by atoms with Crippen molar-refractivity contribution >= 4 is 12.0 Å². The molecule has 0 aromatic heterocycles. The first kappa shape index (κ1) is 16.5. The molecule has 130 valence electrons. The van der Waals surface area contributed by atoms with Gasteiger partial charge in [0.25, 0.3) is 0 Å². The molecule has 6 nitrogen and oxygen atoms in total. The van der Waals surface area contributed by atoms with E-state index < -0.39 is 0 Å². The van der Waals surface area contributed by atoms with Gasteiger partial charge in [-0.2, -0.15) is 0 Å². The molecule has 24 heavy (non-hydrogen) atoms. The van der Waals surface area contributed by atoms with E-state index in [1.807, 2.05) is 4.90 Å². The Morgan fingerprint density at radius 1 is 1.25 bits per heavy atom. The van der Waals surface area contributed by atoms with Crippen LogP contribution in [0, 0.1) is 0 Å². The highest BCUT2D eigenvalue weighted by Crippen LogP contribution is 2.49. The number of benzene rings is 1. The zero-order valence-corrected chi connectivity index (χ0v) is 14.3. The Hall–Kier alpha value is -2.37. The Balaban J connectivity index is 1.87. The fraction of sp³-hybridized carbons (Fsp3) is 0.500. The summed E-state index contributed by atoms with van der Waals surface area (Å²) in [6.07, 6.45) is 6.63. The van der Waals surface area contributed by atoms with E-state index in [1.165, 1.54) is 6.42 Å². The maximum absolute atomic E-state index is 12.5. The lowest BCUT2D eigenvalue weighted by Gasteiger charge is -2.32. The molecule has 1 fully saturated rings. The number of carbonyl (C=O) groups is 1. The molecule has 0 saturated carbocycles. The van der Waals surface area contributed by atoms with Gasteiger partial charge in [0.1, 0.15) is 0 Å². The highest BCUT2D eigenvalue weighted by molar-refractivity contribution is 5.93. The summed E-state index contributed by atoms with van der Waals surface area (Å²) in [6.45, 7) is 3.03. The van der Waals surface area contributed by atoms with Crippen molar-refractivity contribution in [1.82, 2.24) is 4.90 Å². The lowest BCUT2D eigenvalue weighted by Crippen LogP contribution is -2.41. The monoisotopic (exact) mass is 333 g/mol. The Morgan fingerprint density at radius 2 is 2.04 bits per heavy atom. The Bertz CT molecular complexity index is 655. The maximum atomic E-state index is 12.5. The third-order valence-electron chi connectivity index (χ3n) is 4.51. The van der Waals surface area contributed by atoms with Crippen molar-refractivity contribution in [3.8, 4) is 23.0 Å². The predicted octanol–water partition coefficient (Wildman–Crippen LogP) is 2.85. The predicted molar refractivity (Wildman–Crippen MR) is 89.7 cm³/mol. The molecule has 0 aliphatic carbocycles. The van der Waals surface area contributed by atoms with E-state index >= 15 is 0 Å². The van der Waals surface area contributed by atoms with Crippen molar-refractivity contribution in [2.45, 2.75) is 32.2 Å². The van der Waals surface area contributed by atoms with Crippen LogP contribution in [0.4, 0.5) is 0 Å². The maximum Gasteiger partial charge on any atom is 0.246 e. The number of likely N-dealkylation sites (tertiary alicyclic amines) is 1. The molecule has 2 heterocycles. The molecule has 1 atom stereocenters. The molecule has 6 heteroatoms. The number of hydrogen-bond donors (Lipinski definition) is 0. The molecular weight excluding hydrogens is 310 g/mol. The summed E-state index contributed by atoms with van der Waals surface area (Å²) >= 11 is 0. The van der Waals surface area contributed by atoms with Gasteiger partial charge in [0.2, 0.25) is 24.2 Å².